The Hall–Kier alpha value is -0.700. The van der Waals surface area contributed by atoms with E-state index in [2.05, 4.69) is 5.32 Å². The van der Waals surface area contributed by atoms with Crippen molar-refractivity contribution in [3.63, 3.8) is 0 Å². The lowest BCUT2D eigenvalue weighted by Gasteiger charge is -2.14. The minimum Gasteiger partial charge on any atom is -0.334 e. The number of carbonyl (C=O) groups excluding carboxylic acids is 1. The topological polar surface area (TPSA) is 32.3 Å². The average molecular weight is 133 g/mol. The van der Waals surface area contributed by atoms with E-state index in [1.807, 2.05) is 0 Å². The molecule has 0 unspecified atom stereocenters. The lowest BCUT2D eigenvalue weighted by molar-refractivity contribution is -0.117. The van der Waals surface area contributed by atoms with E-state index in [4.69, 9.17) is 11.8 Å². The molecule has 3 nitrogen and oxygen atoms in total. The van der Waals surface area contributed by atoms with Crippen LogP contribution in [0.25, 0.3) is 0 Å². The summed E-state index contributed by atoms with van der Waals surface area (Å²) in [7, 11) is 0. The van der Waals surface area contributed by atoms with Gasteiger partial charge in [0.15, 0.2) is 0 Å². The average Bonchev–Trinajstić information content (AvgIpc) is 1.77. The third-order valence-corrected chi connectivity index (χ3v) is 1.02. The summed E-state index contributed by atoms with van der Waals surface area (Å²) in [6.07, 6.45) is 2.89. The molecule has 0 aromatic rings. The predicted octanol–water partition coefficient (Wildman–Crippen LogP) is 0.0432. The van der Waals surface area contributed by atoms with Crippen molar-refractivity contribution in [3.05, 3.63) is 12.3 Å². The summed E-state index contributed by atoms with van der Waals surface area (Å²) in [6, 6.07) is 0. The summed E-state index contributed by atoms with van der Waals surface area (Å²) < 4.78 is 1.36. The van der Waals surface area contributed by atoms with Crippen LogP contribution in [-0.2, 0) is 4.79 Å². The molecule has 0 aliphatic carbocycles. The molecule has 0 spiro atoms. The molecule has 0 fully saturated rings. The number of nitrogens with one attached hydrogen (secondary N) is 1. The number of nitrogens with zero attached hydrogens (tertiary/aromatic N) is 1. The van der Waals surface area contributed by atoms with Crippen LogP contribution in [0.4, 0.5) is 0 Å². The fourth-order valence-corrected chi connectivity index (χ4v) is 0.530. The van der Waals surface area contributed by atoms with E-state index in [1.54, 1.807) is 0 Å². The Balaban J connectivity index is 2.55. The molecule has 0 atom stereocenters. The lowest BCUT2D eigenvalue weighted by Crippen LogP contribution is -2.32. The Morgan fingerprint density at radius 3 is 3.00 bits per heavy atom. The first-order valence-electron chi connectivity index (χ1n) is 2.17. The highest BCUT2D eigenvalue weighted by Gasteiger charge is 2.02. The Morgan fingerprint density at radius 2 is 2.62 bits per heavy atom. The van der Waals surface area contributed by atoms with Crippen LogP contribution >= 0.6 is 11.8 Å². The van der Waals surface area contributed by atoms with Gasteiger partial charge in [-0.05, 0) is 0 Å². The summed E-state index contributed by atoms with van der Waals surface area (Å²) >= 11 is 5.41. The molecule has 0 aromatic carbocycles. The van der Waals surface area contributed by atoms with Crippen LogP contribution in [0.5, 0.6) is 0 Å². The maximum atomic E-state index is 10.3. The van der Waals surface area contributed by atoms with Crippen molar-refractivity contribution >= 4 is 17.7 Å². The summed E-state index contributed by atoms with van der Waals surface area (Å²) in [5.74, 6) is -0.0955. The van der Waals surface area contributed by atoms with Gasteiger partial charge in [0.05, 0.1) is 0 Å². The molecular weight excluding hydrogens is 128 g/mol. The van der Waals surface area contributed by atoms with Crippen LogP contribution in [0, 0.1) is 0 Å². The first kappa shape index (κ1) is 5.44. The van der Waals surface area contributed by atoms with Crippen molar-refractivity contribution in [2.75, 3.05) is 6.67 Å². The maximum Gasteiger partial charge on any atom is 0.246 e. The highest BCUT2D eigenvalue weighted by Crippen LogP contribution is 1.95. The predicted molar refractivity (Wildman–Crippen MR) is 29.8 cm³/mol. The first-order chi connectivity index (χ1) is 3.79. The van der Waals surface area contributed by atoms with Gasteiger partial charge in [-0.1, -0.05) is 0 Å². The molecule has 1 amide bonds. The zero-order valence-electron chi connectivity index (χ0n) is 4.10. The van der Waals surface area contributed by atoms with Crippen molar-refractivity contribution in [2.24, 2.45) is 0 Å². The van der Waals surface area contributed by atoms with E-state index in [0.29, 0.717) is 6.67 Å². The summed E-state index contributed by atoms with van der Waals surface area (Å²) in [5, 5.41) is 2.50. The van der Waals surface area contributed by atoms with Crippen molar-refractivity contribution in [3.8, 4) is 0 Å². The van der Waals surface area contributed by atoms with E-state index in [1.165, 1.54) is 16.7 Å². The number of carbonyl (C=O) groups is 1. The van der Waals surface area contributed by atoms with Gasteiger partial charge >= 0.3 is 0 Å². The van der Waals surface area contributed by atoms with E-state index < -0.39 is 0 Å². The molecule has 1 N–H and O–H groups in total. The minimum absolute atomic E-state index is 0.0955. The van der Waals surface area contributed by atoms with E-state index in [9.17, 15) is 4.79 Å². The Morgan fingerprint density at radius 1 is 1.88 bits per heavy atom. The molecule has 8 heavy (non-hydrogen) atoms. The number of halogens is 1. The molecule has 4 heteroatoms. The van der Waals surface area contributed by atoms with Gasteiger partial charge in [0.1, 0.15) is 6.67 Å². The number of hydrogen-bond donors (Lipinski definition) is 1. The van der Waals surface area contributed by atoms with Crippen LogP contribution in [0.3, 0.4) is 0 Å². The van der Waals surface area contributed by atoms with Crippen LogP contribution < -0.4 is 5.32 Å². The van der Waals surface area contributed by atoms with Crippen LogP contribution in [-0.4, -0.2) is 17.0 Å². The van der Waals surface area contributed by atoms with Gasteiger partial charge in [-0.15, -0.1) is 0 Å². The minimum atomic E-state index is -0.0955. The third kappa shape index (κ3) is 1.13. The number of rotatable bonds is 0. The second-order valence-corrected chi connectivity index (χ2v) is 1.85. The van der Waals surface area contributed by atoms with Gasteiger partial charge in [-0.3, -0.25) is 9.21 Å². The van der Waals surface area contributed by atoms with Gasteiger partial charge < -0.3 is 5.32 Å². The van der Waals surface area contributed by atoms with Crippen LogP contribution in [0.15, 0.2) is 12.3 Å². The van der Waals surface area contributed by atoms with E-state index >= 15 is 0 Å². The normalized spacial score (nSPS) is 18.6. The van der Waals surface area contributed by atoms with Crippen LogP contribution in [0.1, 0.15) is 0 Å². The van der Waals surface area contributed by atoms with Crippen molar-refractivity contribution in [1.82, 2.24) is 9.74 Å². The number of amides is 1. The molecule has 1 aliphatic rings. The largest absolute Gasteiger partial charge is 0.334 e. The highest BCUT2D eigenvalue weighted by molar-refractivity contribution is 6.14. The zero-order valence-corrected chi connectivity index (χ0v) is 4.85. The van der Waals surface area contributed by atoms with Gasteiger partial charge in [-0.25, -0.2) is 0 Å². The van der Waals surface area contributed by atoms with E-state index in [0.717, 1.165) is 0 Å². The standard InChI is InChI=1S/C4H5ClN2O/c5-7-2-1-4(8)6-3-7/h1-2H,3H2,(H,6,8). The first-order valence-corrected chi connectivity index (χ1v) is 2.51. The summed E-state index contributed by atoms with van der Waals surface area (Å²) in [6.45, 7) is 0.386. The molecule has 0 saturated carbocycles. The quantitative estimate of drug-likeness (QED) is 0.472. The van der Waals surface area contributed by atoms with Crippen molar-refractivity contribution < 1.29 is 4.79 Å². The molecule has 0 aromatic heterocycles. The maximum absolute atomic E-state index is 10.3. The second kappa shape index (κ2) is 2.05. The van der Waals surface area contributed by atoms with Gasteiger partial charge in [0, 0.05) is 24.1 Å². The summed E-state index contributed by atoms with van der Waals surface area (Å²) in [4.78, 5) is 10.3. The van der Waals surface area contributed by atoms with Gasteiger partial charge in [0.2, 0.25) is 5.91 Å². The molecular formula is C4H5ClN2O. The Labute approximate surface area is 52.0 Å². The lowest BCUT2D eigenvalue weighted by atomic mass is 10.5. The van der Waals surface area contributed by atoms with Gasteiger partial charge in [0.25, 0.3) is 0 Å². The van der Waals surface area contributed by atoms with Crippen LogP contribution in [0.2, 0.25) is 0 Å². The molecule has 1 aliphatic heterocycles. The fourth-order valence-electron chi connectivity index (χ4n) is 0.414. The fraction of sp³-hybridized carbons (Fsp3) is 0.250. The number of hydrogen-bond acceptors (Lipinski definition) is 2. The summed E-state index contributed by atoms with van der Waals surface area (Å²) in [5.41, 5.74) is 0. The molecule has 1 heterocycles. The molecule has 1 rings (SSSR count). The third-order valence-electron chi connectivity index (χ3n) is 0.792. The molecule has 0 radical (unpaired) electrons. The van der Waals surface area contributed by atoms with Crippen molar-refractivity contribution in [1.29, 1.82) is 0 Å². The van der Waals surface area contributed by atoms with Crippen molar-refractivity contribution in [2.45, 2.75) is 0 Å². The smallest absolute Gasteiger partial charge is 0.246 e. The van der Waals surface area contributed by atoms with E-state index in [-0.39, 0.29) is 5.91 Å². The SMILES string of the molecule is O=C1C=CN(Cl)CN1. The Bertz CT molecular complexity index is 134. The Kier molecular flexibility index (Phi) is 1.39. The molecule has 44 valence electrons. The van der Waals surface area contributed by atoms with Gasteiger partial charge in [-0.2, -0.15) is 0 Å². The second-order valence-electron chi connectivity index (χ2n) is 1.41. The zero-order chi connectivity index (χ0) is 5.98. The highest BCUT2D eigenvalue weighted by atomic mass is 35.5. The monoisotopic (exact) mass is 132 g/mol. The molecule has 0 saturated heterocycles. The molecule has 0 bridgehead atoms.